The summed E-state index contributed by atoms with van der Waals surface area (Å²) in [6, 6.07) is 14.9. The summed E-state index contributed by atoms with van der Waals surface area (Å²) < 4.78 is 0. The van der Waals surface area contributed by atoms with Crippen molar-refractivity contribution in [3.8, 4) is 0 Å². The molecule has 2 aromatic rings. The van der Waals surface area contributed by atoms with E-state index in [-0.39, 0.29) is 5.91 Å². The number of nitrogens with zero attached hydrogens (tertiary/aromatic N) is 2. The zero-order valence-electron chi connectivity index (χ0n) is 11.6. The molecule has 0 heterocycles. The molecule has 0 bridgehead atoms. The number of para-hydroxylation sites is 1. The van der Waals surface area contributed by atoms with Gasteiger partial charge in [-0.2, -0.15) is 5.10 Å². The lowest BCUT2D eigenvalue weighted by atomic mass is 10.1. The van der Waals surface area contributed by atoms with Gasteiger partial charge in [0.2, 0.25) is 0 Å². The standard InChI is InChI=1S/C16H17N3O/c1-12-7-9-13(10-8-12)11-18-19(2)16(20)14-5-3-4-6-15(14)17/h3-11H,17H2,1-2H3/b18-11+. The average molecular weight is 267 g/mol. The number of aryl methyl sites for hydroxylation is 1. The Kier molecular flexibility index (Phi) is 4.15. The Labute approximate surface area is 118 Å². The topological polar surface area (TPSA) is 58.7 Å². The fraction of sp³-hybridized carbons (Fsp3) is 0.125. The second-order valence-corrected chi connectivity index (χ2v) is 4.57. The zero-order chi connectivity index (χ0) is 14.5. The van der Waals surface area contributed by atoms with Crippen LogP contribution in [0.5, 0.6) is 0 Å². The average Bonchev–Trinajstić information content (AvgIpc) is 2.46. The van der Waals surface area contributed by atoms with Crippen LogP contribution in [0.2, 0.25) is 0 Å². The van der Waals surface area contributed by atoms with Crippen LogP contribution in [0.3, 0.4) is 0 Å². The van der Waals surface area contributed by atoms with Crippen molar-refractivity contribution < 1.29 is 4.79 Å². The molecule has 102 valence electrons. The molecule has 4 nitrogen and oxygen atoms in total. The molecule has 0 aromatic heterocycles. The number of nitrogen functional groups attached to an aromatic ring is 1. The number of nitrogens with two attached hydrogens (primary N) is 1. The minimum atomic E-state index is -0.230. The first kappa shape index (κ1) is 13.8. The molecule has 2 rings (SSSR count). The van der Waals surface area contributed by atoms with E-state index in [4.69, 9.17) is 5.73 Å². The Morgan fingerprint density at radius 3 is 2.45 bits per heavy atom. The number of carbonyl (C=O) groups is 1. The van der Waals surface area contributed by atoms with Gasteiger partial charge in [0.15, 0.2) is 0 Å². The largest absolute Gasteiger partial charge is 0.398 e. The van der Waals surface area contributed by atoms with Crippen LogP contribution in [0.1, 0.15) is 21.5 Å². The summed E-state index contributed by atoms with van der Waals surface area (Å²) >= 11 is 0. The van der Waals surface area contributed by atoms with Gasteiger partial charge in [0.1, 0.15) is 0 Å². The molecule has 0 saturated heterocycles. The van der Waals surface area contributed by atoms with Gasteiger partial charge in [-0.3, -0.25) is 4.79 Å². The first-order valence-corrected chi connectivity index (χ1v) is 6.31. The highest BCUT2D eigenvalue weighted by Gasteiger charge is 2.12. The van der Waals surface area contributed by atoms with E-state index < -0.39 is 0 Å². The Balaban J connectivity index is 2.12. The number of rotatable bonds is 3. The van der Waals surface area contributed by atoms with Crippen molar-refractivity contribution >= 4 is 17.8 Å². The van der Waals surface area contributed by atoms with E-state index in [1.165, 1.54) is 10.6 Å². The highest BCUT2D eigenvalue weighted by atomic mass is 16.2. The molecule has 20 heavy (non-hydrogen) atoms. The van der Waals surface area contributed by atoms with Crippen molar-refractivity contribution in [1.29, 1.82) is 0 Å². The van der Waals surface area contributed by atoms with Crippen molar-refractivity contribution in [2.24, 2.45) is 5.10 Å². The Hall–Kier alpha value is -2.62. The number of benzene rings is 2. The van der Waals surface area contributed by atoms with Crippen LogP contribution in [0, 0.1) is 6.92 Å². The molecular weight excluding hydrogens is 250 g/mol. The monoisotopic (exact) mass is 267 g/mol. The van der Waals surface area contributed by atoms with Crippen LogP contribution in [0.15, 0.2) is 53.6 Å². The maximum Gasteiger partial charge on any atom is 0.275 e. The van der Waals surface area contributed by atoms with Gasteiger partial charge < -0.3 is 5.73 Å². The maximum absolute atomic E-state index is 12.2. The predicted molar refractivity (Wildman–Crippen MR) is 81.7 cm³/mol. The third kappa shape index (κ3) is 3.23. The van der Waals surface area contributed by atoms with E-state index >= 15 is 0 Å². The summed E-state index contributed by atoms with van der Waals surface area (Å²) in [5, 5.41) is 5.43. The molecular formula is C16H17N3O. The first-order valence-electron chi connectivity index (χ1n) is 6.31. The van der Waals surface area contributed by atoms with Gasteiger partial charge >= 0.3 is 0 Å². The number of carbonyl (C=O) groups excluding carboxylic acids is 1. The first-order chi connectivity index (χ1) is 9.58. The third-order valence-corrected chi connectivity index (χ3v) is 2.94. The second-order valence-electron chi connectivity index (χ2n) is 4.57. The van der Waals surface area contributed by atoms with Crippen LogP contribution in [-0.4, -0.2) is 24.2 Å². The number of amides is 1. The normalized spacial score (nSPS) is 10.7. The quantitative estimate of drug-likeness (QED) is 0.528. The van der Waals surface area contributed by atoms with Crippen LogP contribution in [-0.2, 0) is 0 Å². The van der Waals surface area contributed by atoms with E-state index in [1.54, 1.807) is 37.5 Å². The van der Waals surface area contributed by atoms with Gasteiger partial charge in [0.05, 0.1) is 11.8 Å². The number of hydrazone groups is 1. The van der Waals surface area contributed by atoms with Crippen LogP contribution in [0.25, 0.3) is 0 Å². The molecule has 1 amide bonds. The highest BCUT2D eigenvalue weighted by molar-refractivity contribution is 5.99. The molecule has 2 aromatic carbocycles. The molecule has 0 aliphatic rings. The van der Waals surface area contributed by atoms with Gasteiger partial charge in [-0.1, -0.05) is 42.0 Å². The fourth-order valence-corrected chi connectivity index (χ4v) is 1.72. The van der Waals surface area contributed by atoms with Crippen molar-refractivity contribution in [3.63, 3.8) is 0 Å². The molecule has 4 heteroatoms. The summed E-state index contributed by atoms with van der Waals surface area (Å²) in [4.78, 5) is 12.2. The summed E-state index contributed by atoms with van der Waals surface area (Å²) in [6.45, 7) is 2.02. The van der Waals surface area contributed by atoms with Gasteiger partial charge in [-0.05, 0) is 24.6 Å². The van der Waals surface area contributed by atoms with Gasteiger partial charge in [-0.15, -0.1) is 0 Å². The Morgan fingerprint density at radius 1 is 1.15 bits per heavy atom. The zero-order valence-corrected chi connectivity index (χ0v) is 11.6. The molecule has 0 atom stereocenters. The van der Waals surface area contributed by atoms with E-state index in [0.717, 1.165) is 5.56 Å². The Morgan fingerprint density at radius 2 is 1.80 bits per heavy atom. The lowest BCUT2D eigenvalue weighted by Crippen LogP contribution is -2.22. The number of hydrogen-bond donors (Lipinski definition) is 1. The summed E-state index contributed by atoms with van der Waals surface area (Å²) in [5.41, 5.74) is 8.82. The van der Waals surface area contributed by atoms with Crippen molar-refractivity contribution in [2.75, 3.05) is 12.8 Å². The highest BCUT2D eigenvalue weighted by Crippen LogP contribution is 2.12. The van der Waals surface area contributed by atoms with Gasteiger partial charge in [-0.25, -0.2) is 5.01 Å². The third-order valence-electron chi connectivity index (χ3n) is 2.94. The molecule has 2 N–H and O–H groups in total. The van der Waals surface area contributed by atoms with Crippen molar-refractivity contribution in [1.82, 2.24) is 5.01 Å². The van der Waals surface area contributed by atoms with E-state index in [9.17, 15) is 4.79 Å². The molecule has 0 radical (unpaired) electrons. The van der Waals surface area contributed by atoms with Crippen LogP contribution in [0.4, 0.5) is 5.69 Å². The van der Waals surface area contributed by atoms with Crippen LogP contribution >= 0.6 is 0 Å². The summed E-state index contributed by atoms with van der Waals surface area (Å²) in [5.74, 6) is -0.230. The molecule has 0 fully saturated rings. The van der Waals surface area contributed by atoms with E-state index in [0.29, 0.717) is 11.3 Å². The lowest BCUT2D eigenvalue weighted by molar-refractivity contribution is 0.0801. The SMILES string of the molecule is Cc1ccc(/C=N/N(C)C(=O)c2ccccc2N)cc1. The summed E-state index contributed by atoms with van der Waals surface area (Å²) in [6.07, 6.45) is 1.65. The van der Waals surface area contributed by atoms with Crippen LogP contribution < -0.4 is 5.73 Å². The molecule has 0 spiro atoms. The van der Waals surface area contributed by atoms with Crippen molar-refractivity contribution in [3.05, 3.63) is 65.2 Å². The smallest absolute Gasteiger partial charge is 0.275 e. The Bertz CT molecular complexity index is 632. The predicted octanol–water partition coefficient (Wildman–Crippen LogP) is 2.68. The molecule has 0 saturated carbocycles. The fourth-order valence-electron chi connectivity index (χ4n) is 1.72. The minimum absolute atomic E-state index is 0.230. The number of anilines is 1. The van der Waals surface area contributed by atoms with Crippen molar-refractivity contribution in [2.45, 2.75) is 6.92 Å². The number of hydrogen-bond acceptors (Lipinski definition) is 3. The maximum atomic E-state index is 12.2. The minimum Gasteiger partial charge on any atom is -0.398 e. The molecule has 0 unspecified atom stereocenters. The van der Waals surface area contributed by atoms with E-state index in [2.05, 4.69) is 5.10 Å². The van der Waals surface area contributed by atoms with E-state index in [1.807, 2.05) is 31.2 Å². The lowest BCUT2D eigenvalue weighted by Gasteiger charge is -2.12. The second kappa shape index (κ2) is 6.02. The molecule has 0 aliphatic heterocycles. The summed E-state index contributed by atoms with van der Waals surface area (Å²) in [7, 11) is 1.61. The molecule has 0 aliphatic carbocycles. The van der Waals surface area contributed by atoms with Gasteiger partial charge in [0.25, 0.3) is 5.91 Å². The van der Waals surface area contributed by atoms with Gasteiger partial charge in [0, 0.05) is 12.7 Å².